The number of hydrogen-bond acceptors (Lipinski definition) is 5. The minimum Gasteiger partial charge on any atom is -0.379 e. The highest BCUT2D eigenvalue weighted by molar-refractivity contribution is 7.89. The molecule has 1 aliphatic rings. The van der Waals surface area contributed by atoms with Gasteiger partial charge in [0.05, 0.1) is 49.6 Å². The zero-order valence-electron chi connectivity index (χ0n) is 19.9. The van der Waals surface area contributed by atoms with Crippen molar-refractivity contribution in [3.8, 4) is 0 Å². The van der Waals surface area contributed by atoms with Gasteiger partial charge in [-0.2, -0.15) is 4.31 Å². The normalized spacial score (nSPS) is 13.9. The second kappa shape index (κ2) is 12.6. The first kappa shape index (κ1) is 29.2. The Bertz CT molecular complexity index is 1520. The largest absolute Gasteiger partial charge is 0.379 e. The molecular weight excluding hydrogens is 612 g/mol. The summed E-state index contributed by atoms with van der Waals surface area (Å²) in [6.45, 7) is 0.916. The third-order valence-corrected chi connectivity index (χ3v) is 8.82. The van der Waals surface area contributed by atoms with Gasteiger partial charge in [-0.3, -0.25) is 0 Å². The summed E-state index contributed by atoms with van der Waals surface area (Å²) in [6.07, 6.45) is 0. The third kappa shape index (κ3) is 7.46. The number of carbonyl (C=O) groups is 2. The Balaban J connectivity index is 1.59. The fourth-order valence-corrected chi connectivity index (χ4v) is 5.58. The monoisotopic (exact) mass is 631 g/mol. The molecule has 39 heavy (non-hydrogen) atoms. The van der Waals surface area contributed by atoms with Gasteiger partial charge in [0.25, 0.3) is 0 Å². The zero-order valence-corrected chi connectivity index (χ0v) is 23.8. The molecule has 0 aliphatic carbocycles. The van der Waals surface area contributed by atoms with E-state index >= 15 is 0 Å². The number of nitrogens with one attached hydrogen (secondary N) is 4. The van der Waals surface area contributed by atoms with Crippen molar-refractivity contribution in [1.29, 1.82) is 0 Å². The molecule has 0 unspecified atom stereocenters. The molecule has 0 spiro atoms. The second-order valence-corrected chi connectivity index (χ2v) is 11.7. The van der Waals surface area contributed by atoms with E-state index < -0.39 is 22.1 Å². The van der Waals surface area contributed by atoms with Gasteiger partial charge >= 0.3 is 12.1 Å². The van der Waals surface area contributed by atoms with Crippen LogP contribution in [0.15, 0.2) is 59.5 Å². The zero-order chi connectivity index (χ0) is 28.2. The maximum absolute atomic E-state index is 13.2. The molecule has 1 fully saturated rings. The van der Waals surface area contributed by atoms with Gasteiger partial charge < -0.3 is 26.0 Å². The average Bonchev–Trinajstić information content (AvgIpc) is 2.90. The van der Waals surface area contributed by atoms with E-state index in [0.29, 0.717) is 21.4 Å². The van der Waals surface area contributed by atoms with E-state index in [2.05, 4.69) is 21.3 Å². The van der Waals surface area contributed by atoms with Gasteiger partial charge in [0.1, 0.15) is 0 Å². The van der Waals surface area contributed by atoms with Crippen molar-refractivity contribution in [1.82, 2.24) is 4.31 Å². The molecule has 206 valence electrons. The van der Waals surface area contributed by atoms with E-state index in [1.165, 1.54) is 52.8 Å². The highest BCUT2D eigenvalue weighted by atomic mass is 35.5. The lowest BCUT2D eigenvalue weighted by atomic mass is 10.2. The molecule has 10 nitrogen and oxygen atoms in total. The summed E-state index contributed by atoms with van der Waals surface area (Å²) in [5.74, 6) is 0. The maximum atomic E-state index is 13.2. The molecule has 4 rings (SSSR count). The molecule has 1 aliphatic heterocycles. The molecule has 4 amide bonds. The van der Waals surface area contributed by atoms with Crippen molar-refractivity contribution in [2.45, 2.75) is 4.90 Å². The lowest BCUT2D eigenvalue weighted by Crippen LogP contribution is -2.40. The number of halogens is 4. The third-order valence-electron chi connectivity index (χ3n) is 5.45. The summed E-state index contributed by atoms with van der Waals surface area (Å²) in [7, 11) is -3.90. The van der Waals surface area contributed by atoms with Gasteiger partial charge in [-0.25, -0.2) is 18.0 Å². The lowest BCUT2D eigenvalue weighted by Gasteiger charge is -2.26. The van der Waals surface area contributed by atoms with E-state index in [-0.39, 0.29) is 52.6 Å². The smallest absolute Gasteiger partial charge is 0.323 e. The topological polar surface area (TPSA) is 129 Å². The van der Waals surface area contributed by atoms with Crippen LogP contribution in [0.3, 0.4) is 0 Å². The number of rotatable bonds is 6. The number of hydrogen-bond donors (Lipinski definition) is 4. The van der Waals surface area contributed by atoms with Gasteiger partial charge in [0, 0.05) is 24.5 Å². The minimum atomic E-state index is -3.90. The van der Waals surface area contributed by atoms with E-state index in [1.807, 2.05) is 0 Å². The van der Waals surface area contributed by atoms with Crippen molar-refractivity contribution >= 4 is 91.2 Å². The van der Waals surface area contributed by atoms with Crippen LogP contribution in [-0.2, 0) is 14.8 Å². The van der Waals surface area contributed by atoms with Crippen molar-refractivity contribution in [3.05, 3.63) is 74.7 Å². The van der Waals surface area contributed by atoms with E-state index in [9.17, 15) is 18.0 Å². The quantitative estimate of drug-likeness (QED) is 0.243. The van der Waals surface area contributed by atoms with Gasteiger partial charge in [-0.15, -0.1) is 0 Å². The Morgan fingerprint density at radius 3 is 1.69 bits per heavy atom. The molecular formula is C24H21Cl4N5O5S. The number of morpholine rings is 1. The van der Waals surface area contributed by atoms with Crippen LogP contribution in [0.1, 0.15) is 0 Å². The number of ether oxygens (including phenoxy) is 1. The highest BCUT2D eigenvalue weighted by Gasteiger charge is 2.27. The molecule has 0 saturated carbocycles. The first-order valence-electron chi connectivity index (χ1n) is 11.3. The summed E-state index contributed by atoms with van der Waals surface area (Å²) >= 11 is 23.9. The van der Waals surface area contributed by atoms with Gasteiger partial charge in [-0.1, -0.05) is 46.4 Å². The first-order valence-corrected chi connectivity index (χ1v) is 14.3. The van der Waals surface area contributed by atoms with Crippen molar-refractivity contribution < 1.29 is 22.7 Å². The van der Waals surface area contributed by atoms with Gasteiger partial charge in [-0.05, 0) is 54.6 Å². The standard InChI is InChI=1S/C24H21Cl4N5O5S/c25-17-4-1-14(11-19(17)27)29-23(34)31-21-6-3-16(39(36,37)33-7-9-38-10-8-33)13-22(21)32-24(35)30-15-2-5-18(26)20(28)12-15/h1-6,11-13H,7-10H2,(H2,29,31,34)(H2,30,32,35). The summed E-state index contributed by atoms with van der Waals surface area (Å²) in [5, 5.41) is 11.5. The van der Waals surface area contributed by atoms with Crippen LogP contribution in [0, 0.1) is 0 Å². The molecule has 1 saturated heterocycles. The van der Waals surface area contributed by atoms with Crippen molar-refractivity contribution in [2.75, 3.05) is 47.6 Å². The number of amides is 4. The summed E-state index contributed by atoms with van der Waals surface area (Å²) in [5.41, 5.74) is 0.843. The first-order chi connectivity index (χ1) is 18.5. The molecule has 1 heterocycles. The van der Waals surface area contributed by atoms with Crippen LogP contribution in [0.4, 0.5) is 32.3 Å². The Labute approximate surface area is 244 Å². The fraction of sp³-hybridized carbons (Fsp3) is 0.167. The molecule has 3 aromatic rings. The number of nitrogens with zero attached hydrogens (tertiary/aromatic N) is 1. The predicted octanol–water partition coefficient (Wildman–Crippen LogP) is 6.61. The Morgan fingerprint density at radius 1 is 0.667 bits per heavy atom. The molecule has 0 bridgehead atoms. The predicted molar refractivity (Wildman–Crippen MR) is 154 cm³/mol. The molecule has 4 N–H and O–H groups in total. The van der Waals surface area contributed by atoms with Crippen LogP contribution >= 0.6 is 46.4 Å². The van der Waals surface area contributed by atoms with Crippen LogP contribution in [0.5, 0.6) is 0 Å². The lowest BCUT2D eigenvalue weighted by molar-refractivity contribution is 0.0730. The summed E-state index contributed by atoms with van der Waals surface area (Å²) < 4.78 is 33.0. The van der Waals surface area contributed by atoms with Crippen molar-refractivity contribution in [3.63, 3.8) is 0 Å². The maximum Gasteiger partial charge on any atom is 0.323 e. The minimum absolute atomic E-state index is 0.0196. The van der Waals surface area contributed by atoms with Crippen LogP contribution < -0.4 is 21.3 Å². The van der Waals surface area contributed by atoms with Gasteiger partial charge in [0.2, 0.25) is 10.0 Å². The van der Waals surface area contributed by atoms with E-state index in [0.717, 1.165) is 0 Å². The fourth-order valence-electron chi connectivity index (χ4n) is 3.55. The number of urea groups is 2. The van der Waals surface area contributed by atoms with Crippen molar-refractivity contribution in [2.24, 2.45) is 0 Å². The van der Waals surface area contributed by atoms with E-state index in [4.69, 9.17) is 51.1 Å². The molecule has 0 aromatic heterocycles. The Kier molecular flexibility index (Phi) is 9.44. The molecule has 15 heteroatoms. The average molecular weight is 633 g/mol. The van der Waals surface area contributed by atoms with Gasteiger partial charge in [0.15, 0.2) is 0 Å². The summed E-state index contributed by atoms with van der Waals surface area (Å²) in [6, 6.07) is 11.6. The van der Waals surface area contributed by atoms with E-state index in [1.54, 1.807) is 6.07 Å². The highest BCUT2D eigenvalue weighted by Crippen LogP contribution is 2.30. The number of sulfonamides is 1. The molecule has 0 radical (unpaired) electrons. The van der Waals surface area contributed by atoms with Crippen LogP contribution in [0.25, 0.3) is 0 Å². The SMILES string of the molecule is O=C(Nc1ccc(Cl)c(Cl)c1)Nc1ccc(S(=O)(=O)N2CCOCC2)cc1NC(=O)Nc1ccc(Cl)c(Cl)c1. The molecule has 3 aromatic carbocycles. The van der Waals surface area contributed by atoms with Crippen LogP contribution in [-0.4, -0.2) is 51.1 Å². The number of anilines is 4. The number of carbonyl (C=O) groups excluding carboxylic acids is 2. The Hall–Kier alpha value is -2.77. The number of benzene rings is 3. The Morgan fingerprint density at radius 2 is 1.18 bits per heavy atom. The molecule has 0 atom stereocenters. The summed E-state index contributed by atoms with van der Waals surface area (Å²) in [4.78, 5) is 25.4. The second-order valence-electron chi connectivity index (χ2n) is 8.14. The van der Waals surface area contributed by atoms with Crippen LogP contribution in [0.2, 0.25) is 20.1 Å².